The maximum absolute atomic E-state index is 13.4. The lowest BCUT2D eigenvalue weighted by atomic mass is 9.80. The highest BCUT2D eigenvalue weighted by atomic mass is 16.6. The van der Waals surface area contributed by atoms with E-state index in [2.05, 4.69) is 98.9 Å². The number of carbonyl (C=O) groups is 2. The molecule has 0 saturated carbocycles. The molecule has 63 heavy (non-hydrogen) atoms. The van der Waals surface area contributed by atoms with Crippen LogP contribution in [0.15, 0.2) is 140 Å². The Morgan fingerprint density at radius 1 is 0.444 bits per heavy atom. The molecule has 0 aliphatic heterocycles. The smallest absolute Gasteiger partial charge is 0.306 e. The van der Waals surface area contributed by atoms with Gasteiger partial charge in [0, 0.05) is 12.8 Å². The standard InChI is InChI=1S/C58H82O5/c1-3-5-7-9-11-13-15-17-19-21-23-25-27-29-40-48-56(59)61-50-55(63-57(60)49-41-30-28-26-24-22-20-18-16-14-12-10-8-6-4-2)51-62-58(52-42-34-31-35-43-52,53-44-36-32-37-45-53)54-46-38-33-39-47-54/h11-14,17-20,31-39,42-47,55H,3-10,15-16,21-30,40-41,48-51H2,1-2H3/b13-11-,14-12-,19-17-,20-18-/t55-/m1/s1. The molecule has 0 radical (unpaired) electrons. The van der Waals surface area contributed by atoms with Crippen molar-refractivity contribution >= 4 is 11.9 Å². The zero-order valence-corrected chi connectivity index (χ0v) is 39.3. The number of esters is 2. The summed E-state index contributed by atoms with van der Waals surface area (Å²) in [5.74, 6) is -0.556. The van der Waals surface area contributed by atoms with E-state index in [1.165, 1.54) is 57.8 Å². The second kappa shape index (κ2) is 35.9. The number of rotatable bonds is 37. The highest BCUT2D eigenvalue weighted by Gasteiger charge is 2.38. The maximum Gasteiger partial charge on any atom is 0.306 e. The van der Waals surface area contributed by atoms with Gasteiger partial charge in [0.15, 0.2) is 6.10 Å². The molecule has 0 amide bonds. The second-order valence-electron chi connectivity index (χ2n) is 16.8. The molecule has 344 valence electrons. The molecule has 0 aliphatic carbocycles. The largest absolute Gasteiger partial charge is 0.462 e. The summed E-state index contributed by atoms with van der Waals surface area (Å²) in [6.07, 6.45) is 42.9. The van der Waals surface area contributed by atoms with Crippen LogP contribution >= 0.6 is 0 Å². The van der Waals surface area contributed by atoms with Crippen LogP contribution in [-0.4, -0.2) is 31.3 Å². The minimum atomic E-state index is -0.987. The summed E-state index contributed by atoms with van der Waals surface area (Å²) in [6.45, 7) is 4.47. The van der Waals surface area contributed by atoms with Crippen molar-refractivity contribution in [3.05, 3.63) is 156 Å². The van der Waals surface area contributed by atoms with Crippen LogP contribution in [0.4, 0.5) is 0 Å². The van der Waals surface area contributed by atoms with Gasteiger partial charge in [-0.2, -0.15) is 0 Å². The lowest BCUT2D eigenvalue weighted by Crippen LogP contribution is -2.38. The molecule has 0 heterocycles. The molecule has 0 bridgehead atoms. The summed E-state index contributed by atoms with van der Waals surface area (Å²) in [4.78, 5) is 26.4. The number of hydrogen-bond donors (Lipinski definition) is 0. The van der Waals surface area contributed by atoms with Gasteiger partial charge in [0.05, 0.1) is 6.61 Å². The third kappa shape index (κ3) is 23.7. The Balaban J connectivity index is 1.51. The highest BCUT2D eigenvalue weighted by Crippen LogP contribution is 2.40. The van der Waals surface area contributed by atoms with E-state index in [-0.39, 0.29) is 25.2 Å². The average molecular weight is 859 g/mol. The van der Waals surface area contributed by atoms with E-state index in [9.17, 15) is 9.59 Å². The van der Waals surface area contributed by atoms with Crippen LogP contribution in [0, 0.1) is 0 Å². The first kappa shape index (κ1) is 52.9. The fraction of sp³-hybridized carbons (Fsp3) is 0.517. The average Bonchev–Trinajstić information content (AvgIpc) is 3.31. The van der Waals surface area contributed by atoms with Crippen molar-refractivity contribution in [1.82, 2.24) is 0 Å². The number of allylic oxidation sites excluding steroid dienone is 8. The molecule has 3 aromatic carbocycles. The molecule has 0 aromatic heterocycles. The monoisotopic (exact) mass is 859 g/mol. The Hall–Kier alpha value is -4.48. The second-order valence-corrected chi connectivity index (χ2v) is 16.8. The van der Waals surface area contributed by atoms with Crippen LogP contribution in [0.25, 0.3) is 0 Å². The third-order valence-corrected chi connectivity index (χ3v) is 11.4. The predicted molar refractivity (Wildman–Crippen MR) is 265 cm³/mol. The van der Waals surface area contributed by atoms with Crippen molar-refractivity contribution < 1.29 is 23.8 Å². The topological polar surface area (TPSA) is 61.8 Å². The molecule has 0 unspecified atom stereocenters. The Morgan fingerprint density at radius 2 is 0.810 bits per heavy atom. The zero-order valence-electron chi connectivity index (χ0n) is 39.3. The molecular weight excluding hydrogens is 777 g/mol. The van der Waals surface area contributed by atoms with Crippen LogP contribution in [0.5, 0.6) is 0 Å². The molecule has 0 saturated heterocycles. The Bertz CT molecular complexity index is 1580. The van der Waals surface area contributed by atoms with Gasteiger partial charge in [-0.25, -0.2) is 0 Å². The molecule has 5 nitrogen and oxygen atoms in total. The van der Waals surface area contributed by atoms with Crippen LogP contribution < -0.4 is 0 Å². The van der Waals surface area contributed by atoms with Crippen LogP contribution in [0.2, 0.25) is 0 Å². The van der Waals surface area contributed by atoms with Crippen LogP contribution in [0.1, 0.15) is 185 Å². The minimum Gasteiger partial charge on any atom is -0.462 e. The van der Waals surface area contributed by atoms with Crippen molar-refractivity contribution in [3.8, 4) is 0 Å². The van der Waals surface area contributed by atoms with Gasteiger partial charge in [0.2, 0.25) is 0 Å². The highest BCUT2D eigenvalue weighted by molar-refractivity contribution is 5.70. The summed E-state index contributed by atoms with van der Waals surface area (Å²) in [5, 5.41) is 0. The van der Waals surface area contributed by atoms with E-state index in [0.29, 0.717) is 12.8 Å². The molecular formula is C58H82O5. The predicted octanol–water partition coefficient (Wildman–Crippen LogP) is 16.1. The quantitative estimate of drug-likeness (QED) is 0.0250. The summed E-state index contributed by atoms with van der Waals surface area (Å²) < 4.78 is 18.9. The van der Waals surface area contributed by atoms with Crippen LogP contribution in [-0.2, 0) is 29.4 Å². The lowest BCUT2D eigenvalue weighted by molar-refractivity contribution is -0.165. The van der Waals surface area contributed by atoms with Crippen molar-refractivity contribution in [1.29, 1.82) is 0 Å². The van der Waals surface area contributed by atoms with Gasteiger partial charge in [-0.1, -0.05) is 218 Å². The first-order chi connectivity index (χ1) is 31.1. The first-order valence-corrected chi connectivity index (χ1v) is 24.9. The van der Waals surface area contributed by atoms with Gasteiger partial charge in [-0.3, -0.25) is 9.59 Å². The first-order valence-electron chi connectivity index (χ1n) is 24.9. The molecule has 0 spiro atoms. The summed E-state index contributed by atoms with van der Waals surface area (Å²) in [5.41, 5.74) is 1.88. The fourth-order valence-electron chi connectivity index (χ4n) is 7.77. The maximum atomic E-state index is 13.4. The van der Waals surface area contributed by atoms with Crippen molar-refractivity contribution in [3.63, 3.8) is 0 Å². The van der Waals surface area contributed by atoms with Crippen molar-refractivity contribution in [2.24, 2.45) is 0 Å². The Morgan fingerprint density at radius 3 is 1.22 bits per heavy atom. The normalized spacial score (nSPS) is 12.5. The number of unbranched alkanes of at least 4 members (excludes halogenated alkanes) is 16. The van der Waals surface area contributed by atoms with E-state index in [1.807, 2.05) is 54.6 Å². The molecule has 5 heteroatoms. The number of ether oxygens (including phenoxy) is 3. The fourth-order valence-corrected chi connectivity index (χ4v) is 7.77. The van der Waals surface area contributed by atoms with Gasteiger partial charge < -0.3 is 14.2 Å². The Labute approximate surface area is 383 Å². The van der Waals surface area contributed by atoms with E-state index in [0.717, 1.165) is 100 Å². The molecule has 3 rings (SSSR count). The lowest BCUT2D eigenvalue weighted by Gasteiger charge is -2.37. The SMILES string of the molecule is CCCCC/C=C\C/C=C\CCCCCCCC(=O)OC[C@H](COC(c1ccccc1)(c1ccccc1)c1ccccc1)OC(=O)CCCCCCC/C=C\C/C=C\CCCCC. The van der Waals surface area contributed by atoms with Crippen molar-refractivity contribution in [2.75, 3.05) is 13.2 Å². The third-order valence-electron chi connectivity index (χ3n) is 11.4. The summed E-state index contributed by atoms with van der Waals surface area (Å²) >= 11 is 0. The van der Waals surface area contributed by atoms with Gasteiger partial charge in [-0.05, 0) is 93.7 Å². The molecule has 0 N–H and O–H groups in total. The zero-order chi connectivity index (χ0) is 44.7. The molecule has 1 atom stereocenters. The number of hydrogen-bond acceptors (Lipinski definition) is 5. The Kier molecular flexibility index (Phi) is 30.1. The molecule has 0 aliphatic rings. The van der Waals surface area contributed by atoms with E-state index < -0.39 is 11.7 Å². The van der Waals surface area contributed by atoms with Gasteiger partial charge >= 0.3 is 11.9 Å². The molecule has 0 fully saturated rings. The van der Waals surface area contributed by atoms with Gasteiger partial charge in [0.1, 0.15) is 12.2 Å². The molecule has 3 aromatic rings. The van der Waals surface area contributed by atoms with Crippen molar-refractivity contribution in [2.45, 2.75) is 180 Å². The van der Waals surface area contributed by atoms with Crippen LogP contribution in [0.3, 0.4) is 0 Å². The van der Waals surface area contributed by atoms with Gasteiger partial charge in [0.25, 0.3) is 0 Å². The number of carbonyl (C=O) groups excluding carboxylic acids is 2. The van der Waals surface area contributed by atoms with E-state index in [4.69, 9.17) is 14.2 Å². The van der Waals surface area contributed by atoms with Gasteiger partial charge in [-0.15, -0.1) is 0 Å². The summed E-state index contributed by atoms with van der Waals surface area (Å²) in [6, 6.07) is 30.4. The summed E-state index contributed by atoms with van der Waals surface area (Å²) in [7, 11) is 0. The van der Waals surface area contributed by atoms with E-state index >= 15 is 0 Å². The van der Waals surface area contributed by atoms with E-state index in [1.54, 1.807) is 0 Å². The minimum absolute atomic E-state index is 0.0452. The number of benzene rings is 3.